The van der Waals surface area contributed by atoms with Crippen molar-refractivity contribution in [2.45, 2.75) is 19.8 Å². The van der Waals surface area contributed by atoms with Crippen molar-refractivity contribution in [1.82, 2.24) is 10.4 Å². The van der Waals surface area contributed by atoms with Gasteiger partial charge in [-0.2, -0.15) is 5.10 Å². The first kappa shape index (κ1) is 18.6. The minimum Gasteiger partial charge on any atom is -0.460 e. The molecule has 3 heterocycles. The van der Waals surface area contributed by atoms with E-state index in [2.05, 4.69) is 20.4 Å². The minimum atomic E-state index is -0.194. The van der Waals surface area contributed by atoms with Crippen LogP contribution in [0.1, 0.15) is 23.9 Å². The number of ether oxygens (including phenoxy) is 1. The van der Waals surface area contributed by atoms with Crippen LogP contribution in [0.15, 0.2) is 39.2 Å². The Balaban J connectivity index is 1.38. The Bertz CT molecular complexity index is 988. The number of benzene rings is 1. The third-order valence-electron chi connectivity index (χ3n) is 4.58. The molecular formula is C20H22N4O3S. The van der Waals surface area contributed by atoms with Gasteiger partial charge in [0, 0.05) is 35.8 Å². The SMILES string of the molecule is CCc1oc2ccccc2c1/C=N\NC(=O)Cc1csc(N2CCOCC2)n1. The maximum absolute atomic E-state index is 12.2. The highest BCUT2D eigenvalue weighted by Crippen LogP contribution is 2.25. The van der Waals surface area contributed by atoms with Gasteiger partial charge in [0.15, 0.2) is 5.13 Å². The lowest BCUT2D eigenvalue weighted by atomic mass is 10.1. The van der Waals surface area contributed by atoms with Crippen molar-refractivity contribution in [2.75, 3.05) is 31.2 Å². The summed E-state index contributed by atoms with van der Waals surface area (Å²) in [5.41, 5.74) is 5.07. The second-order valence-electron chi connectivity index (χ2n) is 6.48. The number of morpholine rings is 1. The largest absolute Gasteiger partial charge is 0.460 e. The van der Waals surface area contributed by atoms with E-state index in [1.807, 2.05) is 36.6 Å². The second-order valence-corrected chi connectivity index (χ2v) is 7.32. The number of nitrogens with one attached hydrogen (secondary N) is 1. The molecule has 1 aliphatic rings. The average Bonchev–Trinajstić information content (AvgIpc) is 3.33. The van der Waals surface area contributed by atoms with Gasteiger partial charge in [-0.05, 0) is 6.07 Å². The lowest BCUT2D eigenvalue weighted by molar-refractivity contribution is -0.120. The van der Waals surface area contributed by atoms with Gasteiger partial charge < -0.3 is 14.1 Å². The van der Waals surface area contributed by atoms with E-state index >= 15 is 0 Å². The molecule has 1 amide bonds. The van der Waals surface area contributed by atoms with Crippen LogP contribution >= 0.6 is 11.3 Å². The van der Waals surface area contributed by atoms with Crippen LogP contribution in [0.2, 0.25) is 0 Å². The molecule has 7 nitrogen and oxygen atoms in total. The van der Waals surface area contributed by atoms with Gasteiger partial charge in [-0.15, -0.1) is 11.3 Å². The van der Waals surface area contributed by atoms with Gasteiger partial charge in [0.2, 0.25) is 5.91 Å². The van der Waals surface area contributed by atoms with E-state index < -0.39 is 0 Å². The zero-order chi connectivity index (χ0) is 19.3. The standard InChI is InChI=1S/C20H22N4O3S/c1-2-17-16(15-5-3-4-6-18(15)27-17)12-21-23-19(25)11-14-13-28-20(22-14)24-7-9-26-10-8-24/h3-6,12-13H,2,7-11H2,1H3,(H,23,25)/b21-12-. The second kappa shape index (κ2) is 8.53. The molecule has 0 saturated carbocycles. The first-order valence-electron chi connectivity index (χ1n) is 9.34. The summed E-state index contributed by atoms with van der Waals surface area (Å²) in [6.45, 7) is 5.13. The Kier molecular flexibility index (Phi) is 5.68. The van der Waals surface area contributed by atoms with E-state index in [0.29, 0.717) is 13.2 Å². The van der Waals surface area contributed by atoms with E-state index in [9.17, 15) is 4.79 Å². The van der Waals surface area contributed by atoms with Gasteiger partial charge in [-0.3, -0.25) is 4.79 Å². The number of hydrogen-bond donors (Lipinski definition) is 1. The van der Waals surface area contributed by atoms with Crippen LogP contribution in [0.4, 0.5) is 5.13 Å². The highest BCUT2D eigenvalue weighted by atomic mass is 32.1. The van der Waals surface area contributed by atoms with Gasteiger partial charge in [-0.1, -0.05) is 25.1 Å². The number of carbonyl (C=O) groups excluding carboxylic acids is 1. The van der Waals surface area contributed by atoms with Gasteiger partial charge in [0.25, 0.3) is 0 Å². The van der Waals surface area contributed by atoms with E-state index in [0.717, 1.165) is 52.6 Å². The number of furan rings is 1. The topological polar surface area (TPSA) is 80.0 Å². The van der Waals surface area contributed by atoms with Crippen LogP contribution in [0.5, 0.6) is 0 Å². The monoisotopic (exact) mass is 398 g/mol. The summed E-state index contributed by atoms with van der Waals surface area (Å²) in [5.74, 6) is 0.662. The van der Waals surface area contributed by atoms with Crippen molar-refractivity contribution in [3.63, 3.8) is 0 Å². The predicted octanol–water partition coefficient (Wildman–Crippen LogP) is 2.98. The average molecular weight is 398 g/mol. The lowest BCUT2D eigenvalue weighted by Crippen LogP contribution is -2.36. The Morgan fingerprint density at radius 2 is 2.18 bits per heavy atom. The third-order valence-corrected chi connectivity index (χ3v) is 5.53. The molecule has 1 fully saturated rings. The quantitative estimate of drug-likeness (QED) is 0.510. The molecule has 28 heavy (non-hydrogen) atoms. The zero-order valence-electron chi connectivity index (χ0n) is 15.7. The number of amides is 1. The summed E-state index contributed by atoms with van der Waals surface area (Å²) in [6.07, 6.45) is 2.61. The molecular weight excluding hydrogens is 376 g/mol. The molecule has 4 rings (SSSR count). The minimum absolute atomic E-state index is 0.194. The summed E-state index contributed by atoms with van der Waals surface area (Å²) < 4.78 is 11.2. The number of hydrogen-bond acceptors (Lipinski definition) is 7. The van der Waals surface area contributed by atoms with Crippen LogP contribution < -0.4 is 10.3 Å². The van der Waals surface area contributed by atoms with Crippen LogP contribution in [0, 0.1) is 0 Å². The molecule has 1 saturated heterocycles. The summed E-state index contributed by atoms with van der Waals surface area (Å²) >= 11 is 1.55. The molecule has 0 atom stereocenters. The van der Waals surface area contributed by atoms with Gasteiger partial charge in [-0.25, -0.2) is 10.4 Å². The van der Waals surface area contributed by atoms with Crippen molar-refractivity contribution >= 4 is 39.6 Å². The lowest BCUT2D eigenvalue weighted by Gasteiger charge is -2.26. The number of para-hydroxylation sites is 1. The Hall–Kier alpha value is -2.71. The van der Waals surface area contributed by atoms with Crippen LogP contribution in [-0.2, 0) is 22.4 Å². The molecule has 0 unspecified atom stereocenters. The fourth-order valence-corrected chi connectivity index (χ4v) is 4.05. The summed E-state index contributed by atoms with van der Waals surface area (Å²) in [6, 6.07) is 7.82. The maximum Gasteiger partial charge on any atom is 0.246 e. The molecule has 1 aliphatic heterocycles. The normalized spacial score (nSPS) is 14.8. The Labute approximate surface area is 167 Å². The first-order valence-corrected chi connectivity index (χ1v) is 10.2. The highest BCUT2D eigenvalue weighted by Gasteiger charge is 2.16. The number of aromatic nitrogens is 1. The van der Waals surface area contributed by atoms with Crippen LogP contribution in [-0.4, -0.2) is 43.4 Å². The fraction of sp³-hybridized carbons (Fsp3) is 0.350. The molecule has 1 N–H and O–H groups in total. The van der Waals surface area contributed by atoms with E-state index in [-0.39, 0.29) is 12.3 Å². The van der Waals surface area contributed by atoms with E-state index in [1.165, 1.54) is 0 Å². The molecule has 0 spiro atoms. The summed E-state index contributed by atoms with van der Waals surface area (Å²) in [7, 11) is 0. The van der Waals surface area contributed by atoms with Crippen molar-refractivity contribution in [3.05, 3.63) is 46.7 Å². The highest BCUT2D eigenvalue weighted by molar-refractivity contribution is 7.13. The number of nitrogens with zero attached hydrogens (tertiary/aromatic N) is 3. The van der Waals surface area contributed by atoms with Crippen molar-refractivity contribution < 1.29 is 13.9 Å². The Morgan fingerprint density at radius 3 is 3.00 bits per heavy atom. The molecule has 2 aromatic heterocycles. The first-order chi connectivity index (χ1) is 13.7. The molecule has 0 bridgehead atoms. The van der Waals surface area contributed by atoms with Crippen molar-refractivity contribution in [3.8, 4) is 0 Å². The maximum atomic E-state index is 12.2. The number of fused-ring (bicyclic) bond motifs is 1. The number of anilines is 1. The summed E-state index contributed by atoms with van der Waals surface area (Å²) in [4.78, 5) is 19.0. The number of hydrazone groups is 1. The van der Waals surface area contributed by atoms with Gasteiger partial charge >= 0.3 is 0 Å². The summed E-state index contributed by atoms with van der Waals surface area (Å²) in [5, 5.41) is 7.98. The molecule has 0 radical (unpaired) electrons. The molecule has 1 aromatic carbocycles. The molecule has 8 heteroatoms. The van der Waals surface area contributed by atoms with Gasteiger partial charge in [0.05, 0.1) is 31.5 Å². The molecule has 0 aliphatic carbocycles. The number of rotatable bonds is 6. The van der Waals surface area contributed by atoms with Crippen molar-refractivity contribution in [1.29, 1.82) is 0 Å². The van der Waals surface area contributed by atoms with Gasteiger partial charge in [0.1, 0.15) is 11.3 Å². The van der Waals surface area contributed by atoms with E-state index in [4.69, 9.17) is 9.15 Å². The zero-order valence-corrected chi connectivity index (χ0v) is 16.5. The predicted molar refractivity (Wildman–Crippen MR) is 110 cm³/mol. The van der Waals surface area contributed by atoms with E-state index in [1.54, 1.807) is 17.6 Å². The molecule has 3 aromatic rings. The van der Waals surface area contributed by atoms with Crippen molar-refractivity contribution in [2.24, 2.45) is 5.10 Å². The van der Waals surface area contributed by atoms with Crippen LogP contribution in [0.3, 0.4) is 0 Å². The van der Waals surface area contributed by atoms with Crippen LogP contribution in [0.25, 0.3) is 11.0 Å². The molecule has 146 valence electrons. The smallest absolute Gasteiger partial charge is 0.246 e. The number of thiazole rings is 1. The number of carbonyl (C=O) groups is 1. The fourth-order valence-electron chi connectivity index (χ4n) is 3.17. The Morgan fingerprint density at radius 1 is 1.36 bits per heavy atom. The number of aryl methyl sites for hydroxylation is 1. The third kappa shape index (κ3) is 4.07.